The van der Waals surface area contributed by atoms with Gasteiger partial charge in [-0.15, -0.1) is 0 Å². The van der Waals surface area contributed by atoms with Crippen molar-refractivity contribution in [3.05, 3.63) is 29.3 Å². The van der Waals surface area contributed by atoms with Crippen LogP contribution in [0.25, 0.3) is 0 Å². The summed E-state index contributed by atoms with van der Waals surface area (Å²) in [5.41, 5.74) is 0.637. The molecule has 23 heavy (non-hydrogen) atoms. The van der Waals surface area contributed by atoms with Crippen molar-refractivity contribution >= 4 is 35.0 Å². The molecule has 1 aromatic rings. The Morgan fingerprint density at radius 2 is 1.52 bits per heavy atom. The van der Waals surface area contributed by atoms with E-state index in [1.54, 1.807) is 34.1 Å². The molecule has 0 aromatic heterocycles. The lowest BCUT2D eigenvalue weighted by Gasteiger charge is -2.35. The van der Waals surface area contributed by atoms with Gasteiger partial charge in [0.15, 0.2) is 0 Å². The molecule has 0 spiro atoms. The fourth-order valence-corrected chi connectivity index (χ4v) is 2.64. The van der Waals surface area contributed by atoms with Crippen molar-refractivity contribution in [1.82, 2.24) is 9.80 Å². The lowest BCUT2D eigenvalue weighted by molar-refractivity contribution is -0.137. The maximum Gasteiger partial charge on any atom is 0.242 e. The summed E-state index contributed by atoms with van der Waals surface area (Å²) in [4.78, 5) is 40.4. The third-order valence-electron chi connectivity index (χ3n) is 3.89. The van der Waals surface area contributed by atoms with Crippen molar-refractivity contribution in [3.8, 4) is 0 Å². The molecule has 0 bridgehead atoms. The fourth-order valence-electron chi connectivity index (χ4n) is 2.51. The van der Waals surface area contributed by atoms with E-state index in [2.05, 4.69) is 0 Å². The second kappa shape index (κ2) is 7.46. The summed E-state index contributed by atoms with van der Waals surface area (Å²) in [6.45, 7) is 4.97. The Bertz CT molecular complexity index is 595. The van der Waals surface area contributed by atoms with E-state index in [4.69, 9.17) is 11.6 Å². The first kappa shape index (κ1) is 17.3. The molecule has 0 unspecified atom stereocenters. The minimum absolute atomic E-state index is 0.0168. The van der Waals surface area contributed by atoms with E-state index in [-0.39, 0.29) is 24.3 Å². The Morgan fingerprint density at radius 1 is 1.00 bits per heavy atom. The van der Waals surface area contributed by atoms with Gasteiger partial charge in [-0.1, -0.05) is 11.6 Å². The highest BCUT2D eigenvalue weighted by Crippen LogP contribution is 2.18. The van der Waals surface area contributed by atoms with Crippen molar-refractivity contribution in [2.24, 2.45) is 0 Å². The molecule has 0 saturated carbocycles. The average molecular weight is 338 g/mol. The number of carbonyl (C=O) groups excluding carboxylic acids is 3. The van der Waals surface area contributed by atoms with Gasteiger partial charge >= 0.3 is 0 Å². The summed E-state index contributed by atoms with van der Waals surface area (Å²) in [7, 11) is 0. The zero-order chi connectivity index (χ0) is 17.0. The lowest BCUT2D eigenvalue weighted by Crippen LogP contribution is -2.52. The maximum atomic E-state index is 12.4. The molecule has 0 atom stereocenters. The fraction of sp³-hybridized carbons (Fsp3) is 0.438. The van der Waals surface area contributed by atoms with E-state index >= 15 is 0 Å². The van der Waals surface area contributed by atoms with Gasteiger partial charge in [-0.05, 0) is 24.3 Å². The monoisotopic (exact) mass is 337 g/mol. The molecule has 7 heteroatoms. The van der Waals surface area contributed by atoms with Crippen LogP contribution in [0.3, 0.4) is 0 Å². The molecule has 1 aliphatic heterocycles. The summed E-state index contributed by atoms with van der Waals surface area (Å²) >= 11 is 5.85. The van der Waals surface area contributed by atoms with Gasteiger partial charge in [0.1, 0.15) is 6.54 Å². The third-order valence-corrected chi connectivity index (χ3v) is 4.14. The quantitative estimate of drug-likeness (QED) is 0.837. The molecule has 1 aromatic carbocycles. The molecule has 1 aliphatic rings. The molecule has 0 N–H and O–H groups in total. The number of halogens is 1. The predicted molar refractivity (Wildman–Crippen MR) is 88.3 cm³/mol. The molecule has 1 fully saturated rings. The summed E-state index contributed by atoms with van der Waals surface area (Å²) in [6.07, 6.45) is 0. The van der Waals surface area contributed by atoms with Gasteiger partial charge < -0.3 is 14.7 Å². The van der Waals surface area contributed by atoms with Gasteiger partial charge in [0.25, 0.3) is 0 Å². The zero-order valence-electron chi connectivity index (χ0n) is 13.3. The van der Waals surface area contributed by atoms with Crippen molar-refractivity contribution in [1.29, 1.82) is 0 Å². The predicted octanol–water partition coefficient (Wildman–Crippen LogP) is 1.38. The highest BCUT2D eigenvalue weighted by molar-refractivity contribution is 6.30. The molecule has 3 amide bonds. The average Bonchev–Trinajstić information content (AvgIpc) is 2.53. The Morgan fingerprint density at radius 3 is 2.00 bits per heavy atom. The van der Waals surface area contributed by atoms with E-state index in [1.807, 2.05) is 0 Å². The van der Waals surface area contributed by atoms with Crippen LogP contribution in [0.2, 0.25) is 5.02 Å². The highest BCUT2D eigenvalue weighted by Gasteiger charge is 2.25. The van der Waals surface area contributed by atoms with Crippen molar-refractivity contribution < 1.29 is 14.4 Å². The minimum atomic E-state index is -0.206. The van der Waals surface area contributed by atoms with Crippen molar-refractivity contribution in [3.63, 3.8) is 0 Å². The number of benzene rings is 1. The number of hydrogen-bond acceptors (Lipinski definition) is 3. The van der Waals surface area contributed by atoms with Crippen molar-refractivity contribution in [2.75, 3.05) is 37.6 Å². The van der Waals surface area contributed by atoms with Crippen LogP contribution in [0.15, 0.2) is 24.3 Å². The topological polar surface area (TPSA) is 60.9 Å². The smallest absolute Gasteiger partial charge is 0.242 e. The van der Waals surface area contributed by atoms with Crippen LogP contribution in [-0.2, 0) is 14.4 Å². The van der Waals surface area contributed by atoms with Crippen LogP contribution >= 0.6 is 11.6 Å². The Balaban J connectivity index is 2.00. The molecule has 6 nitrogen and oxygen atoms in total. The van der Waals surface area contributed by atoms with E-state index < -0.39 is 0 Å². The van der Waals surface area contributed by atoms with E-state index in [1.165, 1.54) is 18.7 Å². The summed E-state index contributed by atoms with van der Waals surface area (Å²) in [6, 6.07) is 6.79. The van der Waals surface area contributed by atoms with Crippen LogP contribution in [0.5, 0.6) is 0 Å². The van der Waals surface area contributed by atoms with Crippen LogP contribution in [0, 0.1) is 0 Å². The summed E-state index contributed by atoms with van der Waals surface area (Å²) < 4.78 is 0. The molecule has 0 aliphatic carbocycles. The first-order valence-corrected chi connectivity index (χ1v) is 7.83. The van der Waals surface area contributed by atoms with E-state index in [0.29, 0.717) is 36.9 Å². The standard InChI is InChI=1S/C16H20ClN3O3/c1-12(21)18-7-9-19(10-8-18)16(23)11-20(13(2)22)15-5-3-14(17)4-6-15/h3-6H,7-11H2,1-2H3. The number of hydrogen-bond donors (Lipinski definition) is 0. The van der Waals surface area contributed by atoms with Crippen LogP contribution < -0.4 is 4.90 Å². The maximum absolute atomic E-state index is 12.4. The normalized spacial score (nSPS) is 14.6. The molecule has 0 radical (unpaired) electrons. The second-order valence-corrected chi connectivity index (χ2v) is 5.90. The van der Waals surface area contributed by atoms with Crippen LogP contribution in [0.1, 0.15) is 13.8 Å². The molecule has 124 valence electrons. The first-order valence-electron chi connectivity index (χ1n) is 7.45. The Kier molecular flexibility index (Phi) is 5.60. The van der Waals surface area contributed by atoms with Gasteiger partial charge in [0.05, 0.1) is 0 Å². The SMILES string of the molecule is CC(=O)N1CCN(C(=O)CN(C(C)=O)c2ccc(Cl)cc2)CC1. The van der Waals surface area contributed by atoms with E-state index in [9.17, 15) is 14.4 Å². The number of anilines is 1. The second-order valence-electron chi connectivity index (χ2n) is 5.47. The number of rotatable bonds is 3. The first-order chi connectivity index (χ1) is 10.9. The lowest BCUT2D eigenvalue weighted by atomic mass is 10.2. The number of amides is 3. The largest absolute Gasteiger partial charge is 0.339 e. The van der Waals surface area contributed by atoms with Gasteiger partial charge in [-0.2, -0.15) is 0 Å². The molecule has 2 rings (SSSR count). The minimum Gasteiger partial charge on any atom is -0.339 e. The van der Waals surface area contributed by atoms with Gasteiger partial charge in [-0.25, -0.2) is 0 Å². The number of carbonyl (C=O) groups is 3. The van der Waals surface area contributed by atoms with E-state index in [0.717, 1.165) is 0 Å². The molecule has 1 saturated heterocycles. The van der Waals surface area contributed by atoms with Crippen molar-refractivity contribution in [2.45, 2.75) is 13.8 Å². The number of piperazine rings is 1. The summed E-state index contributed by atoms with van der Waals surface area (Å²) in [5.74, 6) is -0.315. The Labute approximate surface area is 140 Å². The van der Waals surface area contributed by atoms with Crippen LogP contribution in [0.4, 0.5) is 5.69 Å². The molecule has 1 heterocycles. The summed E-state index contributed by atoms with van der Waals surface area (Å²) in [5, 5.41) is 0.573. The number of nitrogens with zero attached hydrogens (tertiary/aromatic N) is 3. The third kappa shape index (κ3) is 4.45. The van der Waals surface area contributed by atoms with Gasteiger partial charge in [0, 0.05) is 50.7 Å². The highest BCUT2D eigenvalue weighted by atomic mass is 35.5. The van der Waals surface area contributed by atoms with Gasteiger partial charge in [0.2, 0.25) is 17.7 Å². The zero-order valence-corrected chi connectivity index (χ0v) is 14.0. The Hall–Kier alpha value is -2.08. The van der Waals surface area contributed by atoms with Crippen LogP contribution in [-0.4, -0.2) is 60.2 Å². The van der Waals surface area contributed by atoms with Gasteiger partial charge in [-0.3, -0.25) is 14.4 Å². The molecular weight excluding hydrogens is 318 g/mol. The molecular formula is C16H20ClN3O3.